The molecule has 17 heavy (non-hydrogen) atoms. The van der Waals surface area contributed by atoms with Gasteiger partial charge in [-0.3, -0.25) is 9.69 Å². The van der Waals surface area contributed by atoms with Gasteiger partial charge in [-0.25, -0.2) is 0 Å². The Kier molecular flexibility index (Phi) is 5.14. The SMILES string of the molecule is CC(=O)CCOC[C@@H]1CC(C)(C)CN1C(C)C. The molecule has 0 N–H and O–H groups in total. The zero-order valence-electron chi connectivity index (χ0n) is 12.0. The van der Waals surface area contributed by atoms with Crippen LogP contribution in [0.2, 0.25) is 0 Å². The summed E-state index contributed by atoms with van der Waals surface area (Å²) in [5.74, 6) is 0.206. The Hall–Kier alpha value is -0.410. The number of ketones is 1. The second-order valence-electron chi connectivity index (χ2n) is 6.32. The Labute approximate surface area is 106 Å². The van der Waals surface area contributed by atoms with Crippen LogP contribution in [-0.4, -0.2) is 42.5 Å². The van der Waals surface area contributed by atoms with E-state index in [1.165, 1.54) is 6.42 Å². The standard InChI is InChI=1S/C14H27NO2/c1-11(2)15-10-14(4,5)8-13(15)9-17-7-6-12(3)16/h11,13H,6-10H2,1-5H3/t13-/m0/s1. The maximum atomic E-state index is 10.8. The van der Waals surface area contributed by atoms with Gasteiger partial charge in [0.25, 0.3) is 0 Å². The average Bonchev–Trinajstić information content (AvgIpc) is 2.48. The van der Waals surface area contributed by atoms with Crippen LogP contribution < -0.4 is 0 Å². The highest BCUT2D eigenvalue weighted by molar-refractivity contribution is 5.75. The molecule has 0 aromatic carbocycles. The van der Waals surface area contributed by atoms with Gasteiger partial charge < -0.3 is 4.74 Å². The topological polar surface area (TPSA) is 29.5 Å². The van der Waals surface area contributed by atoms with Gasteiger partial charge in [0.05, 0.1) is 13.2 Å². The molecule has 0 unspecified atom stereocenters. The van der Waals surface area contributed by atoms with Crippen LogP contribution in [0.3, 0.4) is 0 Å². The number of rotatable bonds is 6. The maximum absolute atomic E-state index is 10.8. The van der Waals surface area contributed by atoms with E-state index < -0.39 is 0 Å². The molecular formula is C14H27NO2. The molecule has 3 nitrogen and oxygen atoms in total. The molecule has 0 aromatic heterocycles. The highest BCUT2D eigenvalue weighted by Gasteiger charge is 2.38. The van der Waals surface area contributed by atoms with Crippen molar-refractivity contribution >= 4 is 5.78 Å². The first-order chi connectivity index (χ1) is 7.82. The van der Waals surface area contributed by atoms with Crippen molar-refractivity contribution < 1.29 is 9.53 Å². The minimum absolute atomic E-state index is 0.206. The monoisotopic (exact) mass is 241 g/mol. The molecule has 0 amide bonds. The van der Waals surface area contributed by atoms with E-state index in [2.05, 4.69) is 32.6 Å². The Balaban J connectivity index is 2.37. The average molecular weight is 241 g/mol. The Morgan fingerprint density at radius 1 is 1.47 bits per heavy atom. The molecule has 1 rings (SSSR count). The number of likely N-dealkylation sites (tertiary alicyclic amines) is 1. The normalized spacial score (nSPS) is 24.5. The predicted molar refractivity (Wildman–Crippen MR) is 70.1 cm³/mol. The summed E-state index contributed by atoms with van der Waals surface area (Å²) < 4.78 is 5.64. The lowest BCUT2D eigenvalue weighted by molar-refractivity contribution is -0.118. The van der Waals surface area contributed by atoms with Gasteiger partial charge in [0.1, 0.15) is 5.78 Å². The number of hydrogen-bond donors (Lipinski definition) is 0. The largest absolute Gasteiger partial charge is 0.379 e. The van der Waals surface area contributed by atoms with Crippen molar-refractivity contribution in [1.82, 2.24) is 4.90 Å². The quantitative estimate of drug-likeness (QED) is 0.669. The number of ether oxygens (including phenoxy) is 1. The highest BCUT2D eigenvalue weighted by atomic mass is 16.5. The van der Waals surface area contributed by atoms with Crippen molar-refractivity contribution in [2.45, 2.75) is 59.5 Å². The summed E-state index contributed by atoms with van der Waals surface area (Å²) >= 11 is 0. The predicted octanol–water partition coefficient (Wildman–Crippen LogP) is 2.49. The van der Waals surface area contributed by atoms with Gasteiger partial charge in [0, 0.05) is 25.0 Å². The van der Waals surface area contributed by atoms with E-state index in [1.54, 1.807) is 6.92 Å². The smallest absolute Gasteiger partial charge is 0.132 e. The summed E-state index contributed by atoms with van der Waals surface area (Å²) in [5.41, 5.74) is 0.388. The van der Waals surface area contributed by atoms with Crippen LogP contribution in [-0.2, 0) is 9.53 Å². The first-order valence-electron chi connectivity index (χ1n) is 6.65. The second-order valence-corrected chi connectivity index (χ2v) is 6.32. The van der Waals surface area contributed by atoms with Crippen molar-refractivity contribution in [3.63, 3.8) is 0 Å². The fourth-order valence-electron chi connectivity index (χ4n) is 2.64. The van der Waals surface area contributed by atoms with Gasteiger partial charge in [-0.05, 0) is 32.6 Å². The molecular weight excluding hydrogens is 214 g/mol. The molecule has 0 aliphatic carbocycles. The van der Waals surface area contributed by atoms with E-state index in [0.717, 1.165) is 13.2 Å². The number of nitrogens with zero attached hydrogens (tertiary/aromatic N) is 1. The first-order valence-corrected chi connectivity index (χ1v) is 6.65. The lowest BCUT2D eigenvalue weighted by Crippen LogP contribution is -2.38. The molecule has 0 bridgehead atoms. The summed E-state index contributed by atoms with van der Waals surface area (Å²) in [6.07, 6.45) is 1.73. The molecule has 1 atom stereocenters. The van der Waals surface area contributed by atoms with E-state index in [4.69, 9.17) is 4.74 Å². The maximum Gasteiger partial charge on any atom is 0.132 e. The molecule has 1 heterocycles. The van der Waals surface area contributed by atoms with E-state index >= 15 is 0 Å². The summed E-state index contributed by atoms with van der Waals surface area (Å²) in [7, 11) is 0. The molecule has 0 saturated carbocycles. The Morgan fingerprint density at radius 2 is 2.12 bits per heavy atom. The van der Waals surface area contributed by atoms with Gasteiger partial charge in [0.2, 0.25) is 0 Å². The highest BCUT2D eigenvalue weighted by Crippen LogP contribution is 2.35. The molecule has 1 saturated heterocycles. The molecule has 0 radical (unpaired) electrons. The lowest BCUT2D eigenvalue weighted by atomic mass is 9.91. The van der Waals surface area contributed by atoms with Gasteiger partial charge >= 0.3 is 0 Å². The van der Waals surface area contributed by atoms with E-state index in [0.29, 0.717) is 30.5 Å². The van der Waals surface area contributed by atoms with Crippen LogP contribution in [0.4, 0.5) is 0 Å². The van der Waals surface area contributed by atoms with Crippen molar-refractivity contribution in [3.8, 4) is 0 Å². The fourth-order valence-corrected chi connectivity index (χ4v) is 2.64. The zero-order valence-corrected chi connectivity index (χ0v) is 12.0. The molecule has 0 spiro atoms. The Morgan fingerprint density at radius 3 is 2.65 bits per heavy atom. The third-order valence-corrected chi connectivity index (χ3v) is 3.44. The van der Waals surface area contributed by atoms with Crippen LogP contribution >= 0.6 is 0 Å². The summed E-state index contributed by atoms with van der Waals surface area (Å²) in [5, 5.41) is 0. The summed E-state index contributed by atoms with van der Waals surface area (Å²) in [4.78, 5) is 13.3. The molecule has 3 heteroatoms. The number of Topliss-reactive ketones (excluding diaryl/α,β-unsaturated/α-hetero) is 1. The minimum atomic E-state index is 0.206. The van der Waals surface area contributed by atoms with E-state index in [9.17, 15) is 4.79 Å². The second kappa shape index (κ2) is 5.96. The van der Waals surface area contributed by atoms with Crippen LogP contribution in [0.25, 0.3) is 0 Å². The third kappa shape index (κ3) is 4.76. The molecule has 1 aliphatic heterocycles. The molecule has 100 valence electrons. The van der Waals surface area contributed by atoms with Crippen molar-refractivity contribution in [2.24, 2.45) is 5.41 Å². The van der Waals surface area contributed by atoms with Gasteiger partial charge in [-0.1, -0.05) is 13.8 Å². The fraction of sp³-hybridized carbons (Fsp3) is 0.929. The van der Waals surface area contributed by atoms with Gasteiger partial charge in [0.15, 0.2) is 0 Å². The first kappa shape index (κ1) is 14.7. The van der Waals surface area contributed by atoms with Crippen LogP contribution in [0.15, 0.2) is 0 Å². The Bertz CT molecular complexity index is 261. The number of carbonyl (C=O) groups excluding carboxylic acids is 1. The van der Waals surface area contributed by atoms with Crippen LogP contribution in [0.5, 0.6) is 0 Å². The summed E-state index contributed by atoms with van der Waals surface area (Å²) in [6, 6.07) is 1.08. The third-order valence-electron chi connectivity index (χ3n) is 3.44. The van der Waals surface area contributed by atoms with Crippen molar-refractivity contribution in [3.05, 3.63) is 0 Å². The number of hydrogen-bond acceptors (Lipinski definition) is 3. The zero-order chi connectivity index (χ0) is 13.1. The van der Waals surface area contributed by atoms with Crippen molar-refractivity contribution in [1.29, 1.82) is 0 Å². The van der Waals surface area contributed by atoms with Crippen LogP contribution in [0.1, 0.15) is 47.5 Å². The van der Waals surface area contributed by atoms with Gasteiger partial charge in [-0.2, -0.15) is 0 Å². The van der Waals surface area contributed by atoms with Crippen molar-refractivity contribution in [2.75, 3.05) is 19.8 Å². The molecule has 1 fully saturated rings. The van der Waals surface area contributed by atoms with E-state index in [-0.39, 0.29) is 5.78 Å². The minimum Gasteiger partial charge on any atom is -0.379 e. The van der Waals surface area contributed by atoms with Gasteiger partial charge in [-0.15, -0.1) is 0 Å². The molecule has 0 aromatic rings. The van der Waals surface area contributed by atoms with E-state index in [1.807, 2.05) is 0 Å². The molecule has 1 aliphatic rings. The van der Waals surface area contributed by atoms with Crippen LogP contribution in [0, 0.1) is 5.41 Å². The number of carbonyl (C=O) groups is 1. The summed E-state index contributed by atoms with van der Waals surface area (Å²) in [6.45, 7) is 13.2. The lowest BCUT2D eigenvalue weighted by Gasteiger charge is -2.28.